The van der Waals surface area contributed by atoms with E-state index in [1.54, 1.807) is 31.0 Å². The van der Waals surface area contributed by atoms with E-state index in [0.717, 1.165) is 25.7 Å². The van der Waals surface area contributed by atoms with Crippen LogP contribution in [0.15, 0.2) is 35.7 Å². The maximum absolute atomic E-state index is 12.8. The minimum absolute atomic E-state index is 0.0536. The van der Waals surface area contributed by atoms with Crippen molar-refractivity contribution < 1.29 is 14.7 Å². The zero-order valence-electron chi connectivity index (χ0n) is 14.2. The second-order valence-electron chi connectivity index (χ2n) is 6.94. The summed E-state index contributed by atoms with van der Waals surface area (Å²) in [5, 5.41) is 10.4. The van der Waals surface area contributed by atoms with E-state index in [9.17, 15) is 14.7 Å². The molecule has 128 valence electrons. The van der Waals surface area contributed by atoms with Gasteiger partial charge in [0.25, 0.3) is 5.91 Å². The zero-order valence-corrected chi connectivity index (χ0v) is 14.2. The number of pyridine rings is 1. The molecule has 1 aliphatic carbocycles. The van der Waals surface area contributed by atoms with E-state index in [2.05, 4.69) is 4.98 Å². The molecule has 1 fully saturated rings. The van der Waals surface area contributed by atoms with Gasteiger partial charge in [-0.15, -0.1) is 0 Å². The quantitative estimate of drug-likeness (QED) is 0.920. The summed E-state index contributed by atoms with van der Waals surface area (Å²) in [6.07, 6.45) is 6.78. The first-order valence-electron chi connectivity index (χ1n) is 8.73. The molecular formula is C19H24N2O3. The van der Waals surface area contributed by atoms with Crippen LogP contribution in [-0.4, -0.2) is 32.7 Å². The Hall–Kier alpha value is -2.17. The lowest BCUT2D eigenvalue weighted by molar-refractivity contribution is -0.132. The van der Waals surface area contributed by atoms with E-state index < -0.39 is 17.7 Å². The van der Waals surface area contributed by atoms with Crippen LogP contribution < -0.4 is 0 Å². The number of nitrogens with zero attached hydrogens (tertiary/aromatic N) is 2. The third-order valence-electron chi connectivity index (χ3n) is 4.97. The minimum Gasteiger partial charge on any atom is -0.503 e. The molecule has 24 heavy (non-hydrogen) atoms. The predicted octanol–water partition coefficient (Wildman–Crippen LogP) is 3.33. The molecule has 1 aromatic heterocycles. The molecule has 0 spiro atoms. The van der Waals surface area contributed by atoms with E-state index in [0.29, 0.717) is 5.69 Å². The standard InChI is InChI=1S/C19H24N2O3/c1-12(2)17(22)15-16(14-10-6-7-11-20-14)21(19(24)18(15)23)13-8-4-3-5-9-13/h6-7,10-13,16,23H,3-5,8-9H2,1-2H3. The number of ketones is 1. The molecule has 0 bridgehead atoms. The van der Waals surface area contributed by atoms with Gasteiger partial charge in [-0.05, 0) is 25.0 Å². The highest BCUT2D eigenvalue weighted by atomic mass is 16.3. The number of hydrogen-bond donors (Lipinski definition) is 1. The van der Waals surface area contributed by atoms with Gasteiger partial charge in [0, 0.05) is 18.2 Å². The number of aliphatic hydroxyl groups is 1. The summed E-state index contributed by atoms with van der Waals surface area (Å²) in [5.41, 5.74) is 0.851. The largest absolute Gasteiger partial charge is 0.503 e. The molecule has 5 nitrogen and oxygen atoms in total. The van der Waals surface area contributed by atoms with Gasteiger partial charge in [-0.3, -0.25) is 14.6 Å². The summed E-state index contributed by atoms with van der Waals surface area (Å²) in [6, 6.07) is 4.95. The fraction of sp³-hybridized carbons (Fsp3) is 0.526. The van der Waals surface area contributed by atoms with Crippen molar-refractivity contribution >= 4 is 11.7 Å². The number of carbonyl (C=O) groups excluding carboxylic acids is 2. The van der Waals surface area contributed by atoms with Crippen molar-refractivity contribution in [1.82, 2.24) is 9.88 Å². The van der Waals surface area contributed by atoms with Crippen LogP contribution in [0.3, 0.4) is 0 Å². The Morgan fingerprint density at radius 2 is 1.96 bits per heavy atom. The Morgan fingerprint density at radius 3 is 2.54 bits per heavy atom. The molecule has 1 N–H and O–H groups in total. The van der Waals surface area contributed by atoms with Gasteiger partial charge in [-0.25, -0.2) is 0 Å². The molecule has 3 rings (SSSR count). The van der Waals surface area contributed by atoms with Crippen LogP contribution >= 0.6 is 0 Å². The first-order chi connectivity index (χ1) is 11.5. The van der Waals surface area contributed by atoms with E-state index in [-0.39, 0.29) is 23.3 Å². The van der Waals surface area contributed by atoms with Crippen LogP contribution in [0.4, 0.5) is 0 Å². The van der Waals surface area contributed by atoms with Gasteiger partial charge in [0.05, 0.1) is 11.3 Å². The summed E-state index contributed by atoms with van der Waals surface area (Å²) < 4.78 is 0. The first-order valence-corrected chi connectivity index (χ1v) is 8.73. The molecule has 0 radical (unpaired) electrons. The van der Waals surface area contributed by atoms with Crippen LogP contribution in [0.1, 0.15) is 57.7 Å². The third kappa shape index (κ3) is 2.83. The van der Waals surface area contributed by atoms with Crippen molar-refractivity contribution in [3.05, 3.63) is 41.4 Å². The van der Waals surface area contributed by atoms with E-state index in [1.807, 2.05) is 12.1 Å². The molecule has 0 saturated heterocycles. The molecule has 1 unspecified atom stereocenters. The lowest BCUT2D eigenvalue weighted by Gasteiger charge is -2.36. The second-order valence-corrected chi connectivity index (χ2v) is 6.94. The number of aromatic nitrogens is 1. The van der Waals surface area contributed by atoms with Crippen molar-refractivity contribution in [3.8, 4) is 0 Å². The topological polar surface area (TPSA) is 70.5 Å². The van der Waals surface area contributed by atoms with Crippen molar-refractivity contribution in [2.75, 3.05) is 0 Å². The van der Waals surface area contributed by atoms with Crippen molar-refractivity contribution in [2.24, 2.45) is 5.92 Å². The van der Waals surface area contributed by atoms with E-state index >= 15 is 0 Å². The molecule has 1 saturated carbocycles. The first kappa shape index (κ1) is 16.7. The normalized spacial score (nSPS) is 22.5. The maximum atomic E-state index is 12.8. The smallest absolute Gasteiger partial charge is 0.290 e. The minimum atomic E-state index is -0.573. The van der Waals surface area contributed by atoms with Gasteiger partial charge in [0.2, 0.25) is 0 Å². The van der Waals surface area contributed by atoms with Crippen LogP contribution in [0.2, 0.25) is 0 Å². The fourth-order valence-corrected chi connectivity index (χ4v) is 3.75. The molecule has 1 atom stereocenters. The predicted molar refractivity (Wildman–Crippen MR) is 90.2 cm³/mol. The van der Waals surface area contributed by atoms with Gasteiger partial charge in [-0.2, -0.15) is 0 Å². The lowest BCUT2D eigenvalue weighted by Crippen LogP contribution is -2.41. The number of aliphatic hydroxyl groups excluding tert-OH is 1. The van der Waals surface area contributed by atoms with Crippen molar-refractivity contribution in [2.45, 2.75) is 58.0 Å². The number of hydrogen-bond acceptors (Lipinski definition) is 4. The Bertz CT molecular complexity index is 660. The number of Topliss-reactive ketones (excluding diaryl/α,β-unsaturated/α-hetero) is 1. The van der Waals surface area contributed by atoms with Crippen LogP contribution in [0.5, 0.6) is 0 Å². The van der Waals surface area contributed by atoms with Crippen LogP contribution in [-0.2, 0) is 9.59 Å². The highest BCUT2D eigenvalue weighted by Crippen LogP contribution is 2.41. The number of carbonyl (C=O) groups is 2. The Kier molecular flexibility index (Phi) is 4.69. The molecule has 1 aliphatic heterocycles. The summed E-state index contributed by atoms with van der Waals surface area (Å²) >= 11 is 0. The number of amides is 1. The zero-order chi connectivity index (χ0) is 17.3. The molecular weight excluding hydrogens is 304 g/mol. The SMILES string of the molecule is CC(C)C(=O)C1=C(O)C(=O)N(C2CCCCC2)C1c1ccccn1. The Labute approximate surface area is 142 Å². The fourth-order valence-electron chi connectivity index (χ4n) is 3.75. The van der Waals surface area contributed by atoms with Gasteiger partial charge >= 0.3 is 0 Å². The van der Waals surface area contributed by atoms with Gasteiger partial charge in [0.1, 0.15) is 6.04 Å². The van der Waals surface area contributed by atoms with Crippen LogP contribution in [0, 0.1) is 5.92 Å². The maximum Gasteiger partial charge on any atom is 0.290 e. The lowest BCUT2D eigenvalue weighted by atomic mass is 9.90. The summed E-state index contributed by atoms with van der Waals surface area (Å²) in [5.74, 6) is -1.29. The van der Waals surface area contributed by atoms with Gasteiger partial charge < -0.3 is 10.0 Å². The molecule has 1 amide bonds. The average Bonchev–Trinajstić information content (AvgIpc) is 2.87. The third-order valence-corrected chi connectivity index (χ3v) is 4.97. The van der Waals surface area contributed by atoms with E-state index in [4.69, 9.17) is 0 Å². The summed E-state index contributed by atoms with van der Waals surface area (Å²) in [7, 11) is 0. The molecule has 0 aromatic carbocycles. The number of rotatable bonds is 4. The molecule has 1 aromatic rings. The Morgan fingerprint density at radius 1 is 1.25 bits per heavy atom. The van der Waals surface area contributed by atoms with Gasteiger partial charge in [-0.1, -0.05) is 39.2 Å². The summed E-state index contributed by atoms with van der Waals surface area (Å²) in [6.45, 7) is 3.57. The highest BCUT2D eigenvalue weighted by molar-refractivity contribution is 6.09. The summed E-state index contributed by atoms with van der Waals surface area (Å²) in [4.78, 5) is 31.5. The van der Waals surface area contributed by atoms with E-state index in [1.165, 1.54) is 6.42 Å². The molecule has 5 heteroatoms. The average molecular weight is 328 g/mol. The van der Waals surface area contributed by atoms with Crippen LogP contribution in [0.25, 0.3) is 0 Å². The Balaban J connectivity index is 2.06. The highest BCUT2D eigenvalue weighted by Gasteiger charge is 2.47. The van der Waals surface area contributed by atoms with Crippen molar-refractivity contribution in [3.63, 3.8) is 0 Å². The molecule has 2 aliphatic rings. The second kappa shape index (κ2) is 6.75. The molecule has 2 heterocycles. The van der Waals surface area contributed by atoms with Crippen molar-refractivity contribution in [1.29, 1.82) is 0 Å². The monoisotopic (exact) mass is 328 g/mol. The van der Waals surface area contributed by atoms with Gasteiger partial charge in [0.15, 0.2) is 11.5 Å².